The minimum Gasteiger partial charge on any atom is -0.334 e. The SMILES string of the molecule is CC(C)n1cnc(S(=O)(=O)NCC2NCCc3ccccc32)c1. The Morgan fingerprint density at radius 1 is 1.39 bits per heavy atom. The van der Waals surface area contributed by atoms with E-state index >= 15 is 0 Å². The van der Waals surface area contributed by atoms with Crippen molar-refractivity contribution in [1.29, 1.82) is 0 Å². The van der Waals surface area contributed by atoms with Crippen LogP contribution in [0.25, 0.3) is 0 Å². The molecule has 6 nitrogen and oxygen atoms in total. The third-order valence-electron chi connectivity index (χ3n) is 4.14. The van der Waals surface area contributed by atoms with Crippen LogP contribution in [0.5, 0.6) is 0 Å². The fourth-order valence-electron chi connectivity index (χ4n) is 2.78. The van der Waals surface area contributed by atoms with Crippen LogP contribution in [0.15, 0.2) is 41.8 Å². The van der Waals surface area contributed by atoms with Gasteiger partial charge in [0.05, 0.1) is 6.33 Å². The first-order valence-electron chi connectivity index (χ1n) is 7.81. The third kappa shape index (κ3) is 3.46. The molecular weight excluding hydrogens is 312 g/mol. The number of nitrogens with zero attached hydrogens (tertiary/aromatic N) is 2. The van der Waals surface area contributed by atoms with Gasteiger partial charge in [0, 0.05) is 24.8 Å². The highest BCUT2D eigenvalue weighted by Gasteiger charge is 2.23. The van der Waals surface area contributed by atoms with Gasteiger partial charge in [-0.2, -0.15) is 0 Å². The lowest BCUT2D eigenvalue weighted by atomic mass is 9.95. The largest absolute Gasteiger partial charge is 0.334 e. The minimum atomic E-state index is -3.60. The molecule has 1 aromatic heterocycles. The summed E-state index contributed by atoms with van der Waals surface area (Å²) in [5.41, 5.74) is 2.44. The van der Waals surface area contributed by atoms with Crippen molar-refractivity contribution >= 4 is 10.0 Å². The molecule has 0 aliphatic carbocycles. The average Bonchev–Trinajstić information content (AvgIpc) is 3.04. The van der Waals surface area contributed by atoms with Gasteiger partial charge in [-0.1, -0.05) is 24.3 Å². The molecule has 0 bridgehead atoms. The van der Waals surface area contributed by atoms with Crippen LogP contribution in [0.3, 0.4) is 0 Å². The molecule has 2 heterocycles. The molecule has 0 saturated heterocycles. The van der Waals surface area contributed by atoms with E-state index in [9.17, 15) is 8.42 Å². The Hall–Kier alpha value is -1.70. The predicted molar refractivity (Wildman–Crippen MR) is 88.7 cm³/mol. The van der Waals surface area contributed by atoms with E-state index in [1.165, 1.54) is 5.56 Å². The Morgan fingerprint density at radius 3 is 2.91 bits per heavy atom. The summed E-state index contributed by atoms with van der Waals surface area (Å²) in [6, 6.07) is 8.32. The van der Waals surface area contributed by atoms with Gasteiger partial charge in [0.2, 0.25) is 0 Å². The van der Waals surface area contributed by atoms with Gasteiger partial charge in [-0.05, 0) is 37.9 Å². The average molecular weight is 334 g/mol. The zero-order valence-electron chi connectivity index (χ0n) is 13.4. The van der Waals surface area contributed by atoms with Crippen LogP contribution in [0.1, 0.15) is 37.1 Å². The number of sulfonamides is 1. The lowest BCUT2D eigenvalue weighted by molar-refractivity contribution is 0.491. The van der Waals surface area contributed by atoms with Gasteiger partial charge in [0.1, 0.15) is 0 Å². The lowest BCUT2D eigenvalue weighted by Gasteiger charge is -2.26. The normalized spacial score (nSPS) is 18.1. The van der Waals surface area contributed by atoms with Crippen molar-refractivity contribution < 1.29 is 8.42 Å². The Kier molecular flexibility index (Phi) is 4.52. The van der Waals surface area contributed by atoms with Crippen molar-refractivity contribution in [2.75, 3.05) is 13.1 Å². The summed E-state index contributed by atoms with van der Waals surface area (Å²) in [6.07, 6.45) is 4.08. The standard InChI is InChI=1S/C16H22N4O2S/c1-12(2)20-10-16(18-11-20)23(21,22)19-9-15-14-6-4-3-5-13(14)7-8-17-15/h3-6,10-12,15,17,19H,7-9H2,1-2H3. The molecule has 0 saturated carbocycles. The monoisotopic (exact) mass is 334 g/mol. The molecule has 0 fully saturated rings. The van der Waals surface area contributed by atoms with E-state index in [2.05, 4.69) is 21.1 Å². The van der Waals surface area contributed by atoms with Gasteiger partial charge in [-0.15, -0.1) is 0 Å². The molecule has 2 aromatic rings. The Labute approximate surface area is 137 Å². The van der Waals surface area contributed by atoms with Gasteiger partial charge >= 0.3 is 0 Å². The molecular formula is C16H22N4O2S. The number of aromatic nitrogens is 2. The van der Waals surface area contributed by atoms with Crippen LogP contribution in [-0.2, 0) is 16.4 Å². The van der Waals surface area contributed by atoms with Crippen molar-refractivity contribution in [2.24, 2.45) is 0 Å². The van der Waals surface area contributed by atoms with Gasteiger partial charge in [0.15, 0.2) is 5.03 Å². The maximum Gasteiger partial charge on any atom is 0.259 e. The fourth-order valence-corrected chi connectivity index (χ4v) is 3.76. The molecule has 0 spiro atoms. The molecule has 1 unspecified atom stereocenters. The van der Waals surface area contributed by atoms with Crippen LogP contribution >= 0.6 is 0 Å². The second-order valence-corrected chi connectivity index (χ2v) is 7.77. The minimum absolute atomic E-state index is 0.0121. The van der Waals surface area contributed by atoms with Crippen molar-refractivity contribution in [3.63, 3.8) is 0 Å². The van der Waals surface area contributed by atoms with E-state index in [1.807, 2.05) is 32.0 Å². The maximum atomic E-state index is 12.4. The Bertz CT molecular complexity index is 783. The molecule has 3 rings (SSSR count). The van der Waals surface area contributed by atoms with E-state index in [1.54, 1.807) is 17.1 Å². The van der Waals surface area contributed by atoms with Crippen molar-refractivity contribution in [2.45, 2.75) is 37.4 Å². The van der Waals surface area contributed by atoms with Gasteiger partial charge in [-0.25, -0.2) is 18.1 Å². The van der Waals surface area contributed by atoms with Crippen LogP contribution in [0, 0.1) is 0 Å². The second kappa shape index (κ2) is 6.43. The topological polar surface area (TPSA) is 76.0 Å². The summed E-state index contributed by atoms with van der Waals surface area (Å²) >= 11 is 0. The smallest absolute Gasteiger partial charge is 0.259 e. The van der Waals surface area contributed by atoms with Crippen molar-refractivity contribution in [3.8, 4) is 0 Å². The molecule has 7 heteroatoms. The molecule has 2 N–H and O–H groups in total. The molecule has 0 amide bonds. The summed E-state index contributed by atoms with van der Waals surface area (Å²) in [5.74, 6) is 0. The summed E-state index contributed by atoms with van der Waals surface area (Å²) in [6.45, 7) is 5.13. The number of benzene rings is 1. The first-order valence-corrected chi connectivity index (χ1v) is 9.30. The zero-order valence-corrected chi connectivity index (χ0v) is 14.2. The summed E-state index contributed by atoms with van der Waals surface area (Å²) < 4.78 is 29.3. The molecule has 1 aliphatic heterocycles. The third-order valence-corrected chi connectivity index (χ3v) is 5.45. The van der Waals surface area contributed by atoms with E-state index in [0.29, 0.717) is 6.54 Å². The number of nitrogens with one attached hydrogen (secondary N) is 2. The second-order valence-electron chi connectivity index (χ2n) is 6.06. The molecule has 1 aliphatic rings. The van der Waals surface area contributed by atoms with Crippen LogP contribution in [-0.4, -0.2) is 31.1 Å². The lowest BCUT2D eigenvalue weighted by Crippen LogP contribution is -2.38. The number of rotatable bonds is 5. The molecule has 23 heavy (non-hydrogen) atoms. The first kappa shape index (κ1) is 16.2. The van der Waals surface area contributed by atoms with Gasteiger partial charge in [-0.3, -0.25) is 0 Å². The Morgan fingerprint density at radius 2 is 2.17 bits per heavy atom. The predicted octanol–water partition coefficient (Wildman–Crippen LogP) is 1.63. The molecule has 1 aromatic carbocycles. The van der Waals surface area contributed by atoms with Crippen LogP contribution in [0.4, 0.5) is 0 Å². The molecule has 0 radical (unpaired) electrons. The number of hydrogen-bond donors (Lipinski definition) is 2. The summed E-state index contributed by atoms with van der Waals surface area (Å²) in [7, 11) is -3.60. The quantitative estimate of drug-likeness (QED) is 0.871. The highest BCUT2D eigenvalue weighted by atomic mass is 32.2. The highest BCUT2D eigenvalue weighted by Crippen LogP contribution is 2.22. The van der Waals surface area contributed by atoms with Crippen molar-refractivity contribution in [1.82, 2.24) is 19.6 Å². The first-order chi connectivity index (χ1) is 11.0. The highest BCUT2D eigenvalue weighted by molar-refractivity contribution is 7.89. The van der Waals surface area contributed by atoms with E-state index in [0.717, 1.165) is 18.5 Å². The zero-order chi connectivity index (χ0) is 16.4. The van der Waals surface area contributed by atoms with E-state index < -0.39 is 10.0 Å². The van der Waals surface area contributed by atoms with Gasteiger partial charge < -0.3 is 9.88 Å². The molecule has 124 valence electrons. The number of hydrogen-bond acceptors (Lipinski definition) is 4. The molecule has 1 atom stereocenters. The van der Waals surface area contributed by atoms with Crippen molar-refractivity contribution in [3.05, 3.63) is 47.9 Å². The number of imidazole rings is 1. The van der Waals surface area contributed by atoms with E-state index in [4.69, 9.17) is 0 Å². The van der Waals surface area contributed by atoms with E-state index in [-0.39, 0.29) is 17.1 Å². The number of fused-ring (bicyclic) bond motifs is 1. The summed E-state index contributed by atoms with van der Waals surface area (Å²) in [4.78, 5) is 4.01. The Balaban J connectivity index is 1.72. The van der Waals surface area contributed by atoms with Crippen LogP contribution < -0.4 is 10.0 Å². The fraction of sp³-hybridized carbons (Fsp3) is 0.438. The van der Waals surface area contributed by atoms with Gasteiger partial charge in [0.25, 0.3) is 10.0 Å². The summed E-state index contributed by atoms with van der Waals surface area (Å²) in [5, 5.41) is 3.44. The maximum absolute atomic E-state index is 12.4. The van der Waals surface area contributed by atoms with Crippen LogP contribution in [0.2, 0.25) is 0 Å².